The van der Waals surface area contributed by atoms with Gasteiger partial charge in [0.05, 0.1) is 10.7 Å². The minimum absolute atomic E-state index is 0.825. The monoisotopic (exact) mass is 554 g/mol. The standard InChI is InChI=1S/C41H34N2/c1-22-17-32-38-34(42-40(32)26(22)5)19-24(3)30(36(38)28-13-9-7-10-14-28)21-31-25(4)20-35-39(37(31)29-15-11-8-12-16-29)33-18-23(2)27(6)41(33)43-35/h7-20,42-43H,1-2,21H2,3-6H3. The SMILES string of the molecule is C=C1C=c2c([nH]c3cc(C)c(Cc4c(C)cc5[nH]c6c(c5c4-c4ccccc4)=CC(=C)C=6C)c(-c4ccccc4)c23)=C1C. The first-order chi connectivity index (χ1) is 20.8. The van der Waals surface area contributed by atoms with Gasteiger partial charge in [0.25, 0.3) is 0 Å². The Balaban J connectivity index is 1.50. The second kappa shape index (κ2) is 9.21. The highest BCUT2D eigenvalue weighted by atomic mass is 14.7. The van der Waals surface area contributed by atoms with Crippen LogP contribution in [-0.4, -0.2) is 9.97 Å². The number of benzene rings is 4. The smallest absolute Gasteiger partial charge is 0.0500 e. The molecule has 0 bridgehead atoms. The van der Waals surface area contributed by atoms with E-state index >= 15 is 0 Å². The van der Waals surface area contributed by atoms with Gasteiger partial charge in [0.2, 0.25) is 0 Å². The van der Waals surface area contributed by atoms with E-state index in [-0.39, 0.29) is 0 Å². The first kappa shape index (κ1) is 25.6. The maximum absolute atomic E-state index is 4.33. The van der Waals surface area contributed by atoms with Gasteiger partial charge in [-0.25, -0.2) is 0 Å². The number of hydrogen-bond donors (Lipinski definition) is 2. The number of hydrogen-bond acceptors (Lipinski definition) is 0. The molecule has 6 aromatic rings. The van der Waals surface area contributed by atoms with Crippen molar-refractivity contribution in [3.63, 3.8) is 0 Å². The molecule has 208 valence electrons. The zero-order valence-corrected chi connectivity index (χ0v) is 25.2. The van der Waals surface area contributed by atoms with E-state index in [1.807, 2.05) is 0 Å². The lowest BCUT2D eigenvalue weighted by molar-refractivity contribution is 1.14. The highest BCUT2D eigenvalue weighted by Crippen LogP contribution is 2.39. The van der Waals surface area contributed by atoms with E-state index in [1.54, 1.807) is 0 Å². The molecule has 0 fully saturated rings. The van der Waals surface area contributed by atoms with Crippen LogP contribution in [0.15, 0.2) is 97.1 Å². The average Bonchev–Trinajstić information content (AvgIpc) is 3.70. The number of H-pyrrole nitrogens is 2. The Bertz CT molecular complexity index is 2290. The van der Waals surface area contributed by atoms with Crippen LogP contribution in [0, 0.1) is 13.8 Å². The molecule has 43 heavy (non-hydrogen) atoms. The van der Waals surface area contributed by atoms with Gasteiger partial charge in [0, 0.05) is 32.2 Å². The second-order valence-corrected chi connectivity index (χ2v) is 12.3. The number of aromatic nitrogens is 2. The van der Waals surface area contributed by atoms with Gasteiger partial charge in [0.1, 0.15) is 0 Å². The van der Waals surface area contributed by atoms with Gasteiger partial charge in [-0.05, 0) is 125 Å². The first-order valence-corrected chi connectivity index (χ1v) is 15.0. The van der Waals surface area contributed by atoms with Gasteiger partial charge in [-0.15, -0.1) is 0 Å². The highest BCUT2D eigenvalue weighted by molar-refractivity contribution is 6.04. The Morgan fingerprint density at radius 2 is 0.953 bits per heavy atom. The lowest BCUT2D eigenvalue weighted by Crippen LogP contribution is -2.21. The molecule has 0 saturated heterocycles. The van der Waals surface area contributed by atoms with Crippen LogP contribution in [0.2, 0.25) is 0 Å². The van der Waals surface area contributed by atoms with Gasteiger partial charge in [-0.2, -0.15) is 0 Å². The lowest BCUT2D eigenvalue weighted by atomic mass is 9.83. The van der Waals surface area contributed by atoms with Gasteiger partial charge < -0.3 is 9.97 Å². The third-order valence-electron chi connectivity index (χ3n) is 9.74. The van der Waals surface area contributed by atoms with Crippen LogP contribution in [-0.2, 0) is 6.42 Å². The number of fused-ring (bicyclic) bond motifs is 6. The van der Waals surface area contributed by atoms with Crippen molar-refractivity contribution in [3.8, 4) is 22.3 Å². The summed E-state index contributed by atoms with van der Waals surface area (Å²) in [5.41, 5.74) is 17.4. The maximum atomic E-state index is 4.33. The first-order valence-electron chi connectivity index (χ1n) is 15.0. The van der Waals surface area contributed by atoms with E-state index in [0.29, 0.717) is 0 Å². The zero-order chi connectivity index (χ0) is 29.6. The summed E-state index contributed by atoms with van der Waals surface area (Å²) in [5.74, 6) is 0. The van der Waals surface area contributed by atoms with E-state index in [4.69, 9.17) is 0 Å². The zero-order valence-electron chi connectivity index (χ0n) is 25.2. The van der Waals surface area contributed by atoms with Gasteiger partial charge in [-0.3, -0.25) is 0 Å². The normalized spacial score (nSPS) is 14.0. The van der Waals surface area contributed by atoms with E-state index in [2.05, 4.69) is 136 Å². The molecule has 2 nitrogen and oxygen atoms in total. The summed E-state index contributed by atoms with van der Waals surface area (Å²) in [6.07, 6.45) is 5.34. The number of allylic oxidation sites excluding steroid dienone is 2. The Kier molecular flexibility index (Phi) is 5.49. The summed E-state index contributed by atoms with van der Waals surface area (Å²) >= 11 is 0. The van der Waals surface area contributed by atoms with E-state index < -0.39 is 0 Å². The third-order valence-corrected chi connectivity index (χ3v) is 9.74. The quantitative estimate of drug-likeness (QED) is 0.230. The fourth-order valence-electron chi connectivity index (χ4n) is 7.37. The van der Waals surface area contributed by atoms with Crippen LogP contribution in [0.5, 0.6) is 0 Å². The van der Waals surface area contributed by atoms with Crippen LogP contribution < -0.4 is 21.1 Å². The topological polar surface area (TPSA) is 31.6 Å². The van der Waals surface area contributed by atoms with Crippen molar-refractivity contribution in [1.29, 1.82) is 0 Å². The second-order valence-electron chi connectivity index (χ2n) is 12.3. The van der Waals surface area contributed by atoms with Crippen LogP contribution in [0.25, 0.3) is 67.4 Å². The molecule has 2 N–H and O–H groups in total. The molecule has 2 aromatic heterocycles. The van der Waals surface area contributed by atoms with Gasteiger partial charge >= 0.3 is 0 Å². The predicted octanol–water partition coefficient (Wildman–Crippen LogP) is 7.23. The van der Waals surface area contributed by atoms with E-state index in [0.717, 1.165) is 17.6 Å². The van der Waals surface area contributed by atoms with E-state index in [1.165, 1.54) is 98.6 Å². The number of aryl methyl sites for hydroxylation is 2. The van der Waals surface area contributed by atoms with Crippen molar-refractivity contribution < 1.29 is 0 Å². The molecule has 2 heterocycles. The largest absolute Gasteiger partial charge is 0.354 e. The number of rotatable bonds is 4. The molecule has 8 rings (SSSR count). The molecular weight excluding hydrogens is 520 g/mol. The fourth-order valence-corrected chi connectivity index (χ4v) is 7.37. The molecule has 0 saturated carbocycles. The van der Waals surface area contributed by atoms with Crippen molar-refractivity contribution in [1.82, 2.24) is 9.97 Å². The van der Waals surface area contributed by atoms with Crippen molar-refractivity contribution in [3.05, 3.63) is 140 Å². The Labute approximate surface area is 251 Å². The summed E-state index contributed by atoms with van der Waals surface area (Å²) in [4.78, 5) is 7.51. The summed E-state index contributed by atoms with van der Waals surface area (Å²) in [6.45, 7) is 17.5. The van der Waals surface area contributed by atoms with Crippen molar-refractivity contribution in [2.75, 3.05) is 0 Å². The number of aromatic amines is 2. The van der Waals surface area contributed by atoms with Crippen LogP contribution in [0.3, 0.4) is 0 Å². The minimum atomic E-state index is 0.825. The third kappa shape index (κ3) is 3.66. The molecule has 0 radical (unpaired) electrons. The molecule has 4 aromatic carbocycles. The molecule has 0 atom stereocenters. The fraction of sp³-hybridized carbons (Fsp3) is 0.122. The van der Waals surface area contributed by atoms with Crippen LogP contribution in [0.4, 0.5) is 0 Å². The van der Waals surface area contributed by atoms with Crippen LogP contribution in [0.1, 0.15) is 36.1 Å². The molecule has 2 aliphatic rings. The van der Waals surface area contributed by atoms with Gasteiger partial charge in [-0.1, -0.05) is 73.8 Å². The Morgan fingerprint density at radius 3 is 1.35 bits per heavy atom. The van der Waals surface area contributed by atoms with Crippen LogP contribution >= 0.6 is 0 Å². The van der Waals surface area contributed by atoms with E-state index in [9.17, 15) is 0 Å². The summed E-state index contributed by atoms with van der Waals surface area (Å²) in [6, 6.07) is 26.5. The summed E-state index contributed by atoms with van der Waals surface area (Å²) in [7, 11) is 0. The molecule has 0 spiro atoms. The molecule has 0 amide bonds. The maximum Gasteiger partial charge on any atom is 0.0500 e. The van der Waals surface area contributed by atoms with Crippen molar-refractivity contribution in [2.45, 2.75) is 34.1 Å². The van der Waals surface area contributed by atoms with Crippen molar-refractivity contribution in [2.24, 2.45) is 0 Å². The Hall–Kier alpha value is -5.08. The van der Waals surface area contributed by atoms with Gasteiger partial charge in [0.15, 0.2) is 0 Å². The minimum Gasteiger partial charge on any atom is -0.354 e. The van der Waals surface area contributed by atoms with Crippen molar-refractivity contribution >= 4 is 45.1 Å². The predicted molar refractivity (Wildman–Crippen MR) is 184 cm³/mol. The molecular formula is C41H34N2. The lowest BCUT2D eigenvalue weighted by Gasteiger charge is -2.20. The Morgan fingerprint density at radius 1 is 0.558 bits per heavy atom. The average molecular weight is 555 g/mol. The summed E-state index contributed by atoms with van der Waals surface area (Å²) in [5, 5.41) is 7.49. The molecule has 2 aliphatic carbocycles. The molecule has 0 aliphatic heterocycles. The molecule has 2 heteroatoms. The number of nitrogens with one attached hydrogen (secondary N) is 2. The molecule has 0 unspecified atom stereocenters. The highest BCUT2D eigenvalue weighted by Gasteiger charge is 2.23. The summed E-state index contributed by atoms with van der Waals surface area (Å²) < 4.78 is 0.